The van der Waals surface area contributed by atoms with E-state index in [4.69, 9.17) is 5.84 Å². The molecule has 1 aromatic carbocycles. The maximum Gasteiger partial charge on any atom is 0.573 e. The first-order valence-electron chi connectivity index (χ1n) is 5.69. The lowest BCUT2D eigenvalue weighted by Gasteiger charge is -2.16. The summed E-state index contributed by atoms with van der Waals surface area (Å²) in [5.74, 6) is 5.16. The highest BCUT2D eigenvalue weighted by Gasteiger charge is 2.31. The van der Waals surface area contributed by atoms with Crippen LogP contribution >= 0.6 is 0 Å². The van der Waals surface area contributed by atoms with Crippen molar-refractivity contribution >= 4 is 0 Å². The fourth-order valence-electron chi connectivity index (χ4n) is 1.83. The molecule has 1 aromatic heterocycles. The highest BCUT2D eigenvalue weighted by molar-refractivity contribution is 5.34. The van der Waals surface area contributed by atoms with Gasteiger partial charge in [-0.15, -0.1) is 13.2 Å². The van der Waals surface area contributed by atoms with E-state index in [1.807, 2.05) is 0 Å². The molecule has 0 fully saturated rings. The molecule has 0 aliphatic rings. The molecule has 0 amide bonds. The van der Waals surface area contributed by atoms with Crippen LogP contribution in [0.15, 0.2) is 36.8 Å². The van der Waals surface area contributed by atoms with Crippen LogP contribution < -0.4 is 16.0 Å². The van der Waals surface area contributed by atoms with Crippen LogP contribution in [0.2, 0.25) is 0 Å². The minimum Gasteiger partial charge on any atom is -0.406 e. The molecule has 0 aliphatic heterocycles. The number of hydrogen-bond donors (Lipinski definition) is 2. The highest BCUT2D eigenvalue weighted by Crippen LogP contribution is 2.27. The van der Waals surface area contributed by atoms with E-state index in [1.165, 1.54) is 18.2 Å². The van der Waals surface area contributed by atoms with Gasteiger partial charge in [0.05, 0.1) is 18.1 Å². The second-order valence-corrected chi connectivity index (χ2v) is 4.18. The number of nitrogens with two attached hydrogens (primary N) is 1. The second-order valence-electron chi connectivity index (χ2n) is 4.18. The van der Waals surface area contributed by atoms with E-state index < -0.39 is 12.4 Å². The Morgan fingerprint density at radius 3 is 2.70 bits per heavy atom. The maximum absolute atomic E-state index is 12.2. The Bertz CT molecular complexity index is 582. The largest absolute Gasteiger partial charge is 0.573 e. The molecule has 1 heterocycles. The Morgan fingerprint density at radius 1 is 1.40 bits per heavy atom. The average molecular weight is 286 g/mol. The van der Waals surface area contributed by atoms with Crippen LogP contribution in [0.5, 0.6) is 5.75 Å². The Kier molecular flexibility index (Phi) is 3.96. The van der Waals surface area contributed by atoms with Crippen molar-refractivity contribution in [2.75, 3.05) is 0 Å². The molecule has 0 radical (unpaired) electrons. The van der Waals surface area contributed by atoms with E-state index in [9.17, 15) is 13.2 Å². The summed E-state index contributed by atoms with van der Waals surface area (Å²) in [6.07, 6.45) is -1.42. The third kappa shape index (κ3) is 3.49. The number of aryl methyl sites for hydroxylation is 1. The van der Waals surface area contributed by atoms with E-state index in [0.717, 1.165) is 0 Å². The Balaban J connectivity index is 2.29. The summed E-state index contributed by atoms with van der Waals surface area (Å²) in [5.41, 5.74) is 3.64. The van der Waals surface area contributed by atoms with Crippen molar-refractivity contribution in [3.63, 3.8) is 0 Å². The number of benzene rings is 1. The van der Waals surface area contributed by atoms with Crippen LogP contribution in [0.4, 0.5) is 13.2 Å². The molecule has 5 nitrogen and oxygen atoms in total. The van der Waals surface area contributed by atoms with Gasteiger partial charge in [-0.25, -0.2) is 10.4 Å². The quantitative estimate of drug-likeness (QED) is 0.665. The molecule has 3 N–H and O–H groups in total. The van der Waals surface area contributed by atoms with Crippen LogP contribution in [-0.2, 0) is 7.05 Å². The molecule has 1 atom stereocenters. The van der Waals surface area contributed by atoms with Gasteiger partial charge in [0.15, 0.2) is 0 Å². The number of hydrazine groups is 1. The van der Waals surface area contributed by atoms with Crippen molar-refractivity contribution < 1.29 is 17.9 Å². The van der Waals surface area contributed by atoms with Gasteiger partial charge in [-0.3, -0.25) is 5.84 Å². The van der Waals surface area contributed by atoms with Crippen LogP contribution in [0, 0.1) is 0 Å². The molecule has 0 saturated carbocycles. The van der Waals surface area contributed by atoms with Gasteiger partial charge in [0.25, 0.3) is 0 Å². The average Bonchev–Trinajstić information content (AvgIpc) is 2.75. The fraction of sp³-hybridized carbons (Fsp3) is 0.250. The number of rotatable bonds is 4. The Labute approximate surface area is 113 Å². The molecular weight excluding hydrogens is 273 g/mol. The van der Waals surface area contributed by atoms with Crippen LogP contribution in [0.3, 0.4) is 0 Å². The number of halogens is 3. The van der Waals surface area contributed by atoms with Crippen molar-refractivity contribution in [1.82, 2.24) is 15.0 Å². The van der Waals surface area contributed by atoms with Gasteiger partial charge in [0.2, 0.25) is 0 Å². The normalized spacial score (nSPS) is 13.2. The van der Waals surface area contributed by atoms with Crippen molar-refractivity contribution in [3.05, 3.63) is 48.0 Å². The number of imidazole rings is 1. The third-order valence-corrected chi connectivity index (χ3v) is 2.61. The summed E-state index contributed by atoms with van der Waals surface area (Å²) in [6, 6.07) is 5.08. The van der Waals surface area contributed by atoms with Crippen LogP contribution in [0.1, 0.15) is 17.3 Å². The molecule has 0 saturated heterocycles. The number of ether oxygens (including phenoxy) is 1. The topological polar surface area (TPSA) is 65.1 Å². The lowest BCUT2D eigenvalue weighted by molar-refractivity contribution is -0.274. The molecule has 2 aromatic rings. The van der Waals surface area contributed by atoms with E-state index in [0.29, 0.717) is 11.3 Å². The number of nitrogens with one attached hydrogen (secondary N) is 1. The summed E-state index contributed by atoms with van der Waals surface area (Å²) in [6.45, 7) is 0. The Morgan fingerprint density at radius 2 is 2.15 bits per heavy atom. The van der Waals surface area contributed by atoms with Gasteiger partial charge >= 0.3 is 6.36 Å². The number of nitrogens with zero attached hydrogens (tertiary/aromatic N) is 2. The number of aromatic nitrogens is 2. The monoisotopic (exact) mass is 286 g/mol. The minimum atomic E-state index is -4.73. The molecule has 8 heteroatoms. The van der Waals surface area contributed by atoms with Crippen molar-refractivity contribution in [2.45, 2.75) is 12.4 Å². The number of alkyl halides is 3. The number of hydrogen-bond acceptors (Lipinski definition) is 4. The van der Waals surface area contributed by atoms with E-state index in [1.54, 1.807) is 30.2 Å². The van der Waals surface area contributed by atoms with Crippen LogP contribution in [-0.4, -0.2) is 15.9 Å². The molecule has 1 unspecified atom stereocenters. The molecular formula is C12H13F3N4O. The van der Waals surface area contributed by atoms with Gasteiger partial charge in [-0.2, -0.15) is 0 Å². The van der Waals surface area contributed by atoms with Crippen molar-refractivity contribution in [3.8, 4) is 5.75 Å². The molecule has 0 aliphatic carbocycles. The van der Waals surface area contributed by atoms with Crippen molar-refractivity contribution in [2.24, 2.45) is 12.9 Å². The molecule has 2 rings (SSSR count). The van der Waals surface area contributed by atoms with Crippen molar-refractivity contribution in [1.29, 1.82) is 0 Å². The summed E-state index contributed by atoms with van der Waals surface area (Å²) in [5, 5.41) is 0. The zero-order valence-electron chi connectivity index (χ0n) is 10.6. The van der Waals surface area contributed by atoms with Gasteiger partial charge in [0, 0.05) is 13.2 Å². The predicted molar refractivity (Wildman–Crippen MR) is 65.5 cm³/mol. The van der Waals surface area contributed by atoms with E-state index >= 15 is 0 Å². The zero-order chi connectivity index (χ0) is 14.8. The first kappa shape index (κ1) is 14.4. The summed E-state index contributed by atoms with van der Waals surface area (Å²) in [4.78, 5) is 4.13. The summed E-state index contributed by atoms with van der Waals surface area (Å²) in [7, 11) is 1.78. The lowest BCUT2D eigenvalue weighted by Crippen LogP contribution is -2.29. The molecule has 0 spiro atoms. The van der Waals surface area contributed by atoms with E-state index in [2.05, 4.69) is 15.1 Å². The van der Waals surface area contributed by atoms with Gasteiger partial charge in [0.1, 0.15) is 5.75 Å². The van der Waals surface area contributed by atoms with Gasteiger partial charge in [-0.05, 0) is 17.7 Å². The SMILES string of the molecule is Cn1cnc(C(NN)c2cccc(OC(F)(F)F)c2)c1. The predicted octanol–water partition coefficient (Wildman–Crippen LogP) is 1.87. The fourth-order valence-corrected chi connectivity index (χ4v) is 1.83. The molecule has 108 valence electrons. The lowest BCUT2D eigenvalue weighted by atomic mass is 10.0. The molecule has 0 bridgehead atoms. The van der Waals surface area contributed by atoms with E-state index in [-0.39, 0.29) is 5.75 Å². The smallest absolute Gasteiger partial charge is 0.406 e. The third-order valence-electron chi connectivity index (χ3n) is 2.61. The summed E-state index contributed by atoms with van der Waals surface area (Å²) >= 11 is 0. The van der Waals surface area contributed by atoms with Gasteiger partial charge < -0.3 is 9.30 Å². The highest BCUT2D eigenvalue weighted by atomic mass is 19.4. The molecule has 20 heavy (non-hydrogen) atoms. The van der Waals surface area contributed by atoms with Crippen LogP contribution in [0.25, 0.3) is 0 Å². The minimum absolute atomic E-state index is 0.300. The first-order valence-corrected chi connectivity index (χ1v) is 5.69. The summed E-state index contributed by atoms with van der Waals surface area (Å²) < 4.78 is 42.2. The maximum atomic E-state index is 12.2. The Hall–Kier alpha value is -2.06. The first-order chi connectivity index (χ1) is 9.39. The van der Waals surface area contributed by atoms with Gasteiger partial charge in [-0.1, -0.05) is 12.1 Å². The standard InChI is InChI=1S/C12H13F3N4O/c1-19-6-10(17-7-19)11(18-16)8-3-2-4-9(5-8)20-12(13,14)15/h2-7,11,18H,16H2,1H3. The second kappa shape index (κ2) is 5.51. The zero-order valence-corrected chi connectivity index (χ0v) is 10.6.